The second-order valence-electron chi connectivity index (χ2n) is 5.96. The predicted molar refractivity (Wildman–Crippen MR) is 104 cm³/mol. The van der Waals surface area contributed by atoms with Crippen LogP contribution < -0.4 is 5.19 Å². The molecule has 0 aliphatic carbocycles. The normalized spacial score (nSPS) is 10.8. The molecular formula is C21H18ClOSi. The highest BCUT2D eigenvalue weighted by Gasteiger charge is 2.16. The van der Waals surface area contributed by atoms with Gasteiger partial charge in [0.2, 0.25) is 0 Å². The molecule has 3 aromatic carbocycles. The lowest BCUT2D eigenvalue weighted by atomic mass is 9.99. The van der Waals surface area contributed by atoms with Gasteiger partial charge in [-0.25, -0.2) is 0 Å². The van der Waals surface area contributed by atoms with E-state index < -0.39 is 8.80 Å². The van der Waals surface area contributed by atoms with Gasteiger partial charge < -0.3 is 0 Å². The summed E-state index contributed by atoms with van der Waals surface area (Å²) in [6.07, 6.45) is 0. The Balaban J connectivity index is 1.94. The van der Waals surface area contributed by atoms with Crippen molar-refractivity contribution >= 4 is 31.4 Å². The first kappa shape index (κ1) is 16.7. The van der Waals surface area contributed by atoms with Crippen LogP contribution in [0.3, 0.4) is 0 Å². The Hall–Kier alpha value is -2.16. The Morgan fingerprint density at radius 1 is 0.833 bits per heavy atom. The highest BCUT2D eigenvalue weighted by Crippen LogP contribution is 2.21. The van der Waals surface area contributed by atoms with Gasteiger partial charge in [0.05, 0.1) is 8.80 Å². The van der Waals surface area contributed by atoms with Crippen LogP contribution in [-0.4, -0.2) is 14.6 Å². The summed E-state index contributed by atoms with van der Waals surface area (Å²) in [5, 5.41) is 1.77. The molecule has 0 saturated carbocycles. The van der Waals surface area contributed by atoms with Gasteiger partial charge in [-0.3, -0.25) is 4.79 Å². The topological polar surface area (TPSA) is 17.1 Å². The van der Waals surface area contributed by atoms with Crippen molar-refractivity contribution in [1.29, 1.82) is 0 Å². The number of halogens is 1. The molecular weight excluding hydrogens is 332 g/mol. The molecule has 1 nitrogen and oxygen atoms in total. The van der Waals surface area contributed by atoms with E-state index in [1.165, 1.54) is 0 Å². The van der Waals surface area contributed by atoms with Crippen LogP contribution in [0.4, 0.5) is 0 Å². The molecule has 119 valence electrons. The molecule has 3 rings (SSSR count). The SMILES string of the molecule is C[Si](C)c1cc(Cl)ccc1C(=O)c1ccc(-c2ccccc2)cc1. The van der Waals surface area contributed by atoms with Gasteiger partial charge in [0.25, 0.3) is 0 Å². The van der Waals surface area contributed by atoms with Crippen LogP contribution in [0.1, 0.15) is 15.9 Å². The summed E-state index contributed by atoms with van der Waals surface area (Å²) in [6.45, 7) is 4.34. The zero-order chi connectivity index (χ0) is 17.1. The molecule has 0 amide bonds. The lowest BCUT2D eigenvalue weighted by molar-refractivity contribution is 0.104. The van der Waals surface area contributed by atoms with Crippen molar-refractivity contribution in [3.63, 3.8) is 0 Å². The summed E-state index contributed by atoms with van der Waals surface area (Å²) in [6, 6.07) is 23.5. The van der Waals surface area contributed by atoms with E-state index in [1.807, 2.05) is 54.6 Å². The van der Waals surface area contributed by atoms with Crippen molar-refractivity contribution in [3.05, 3.63) is 88.9 Å². The van der Waals surface area contributed by atoms with E-state index in [2.05, 4.69) is 25.2 Å². The molecule has 0 atom stereocenters. The average molecular weight is 350 g/mol. The average Bonchev–Trinajstić information content (AvgIpc) is 2.62. The van der Waals surface area contributed by atoms with Gasteiger partial charge in [0.1, 0.15) is 0 Å². The van der Waals surface area contributed by atoms with Crippen LogP contribution in [0.15, 0.2) is 72.8 Å². The number of ketones is 1. The number of rotatable bonds is 4. The van der Waals surface area contributed by atoms with Crippen LogP contribution in [-0.2, 0) is 0 Å². The first-order valence-electron chi connectivity index (χ1n) is 7.86. The van der Waals surface area contributed by atoms with Crippen molar-refractivity contribution in [1.82, 2.24) is 0 Å². The molecule has 0 N–H and O–H groups in total. The lowest BCUT2D eigenvalue weighted by Gasteiger charge is -2.12. The number of benzene rings is 3. The quantitative estimate of drug-likeness (QED) is 0.467. The van der Waals surface area contributed by atoms with Gasteiger partial charge in [-0.1, -0.05) is 79.3 Å². The largest absolute Gasteiger partial charge is 0.289 e. The number of hydrogen-bond donors (Lipinski definition) is 0. The first-order chi connectivity index (χ1) is 11.6. The van der Waals surface area contributed by atoms with Gasteiger partial charge in [-0.2, -0.15) is 0 Å². The first-order valence-corrected chi connectivity index (χ1v) is 10.7. The Kier molecular flexibility index (Phi) is 4.98. The predicted octanol–water partition coefficient (Wildman–Crippen LogP) is 5.20. The summed E-state index contributed by atoms with van der Waals surface area (Å²) < 4.78 is 0. The molecule has 3 heteroatoms. The zero-order valence-electron chi connectivity index (χ0n) is 13.7. The molecule has 0 aromatic heterocycles. The second-order valence-corrected chi connectivity index (χ2v) is 8.94. The minimum absolute atomic E-state index is 0.0625. The van der Waals surface area contributed by atoms with E-state index in [9.17, 15) is 4.79 Å². The molecule has 24 heavy (non-hydrogen) atoms. The van der Waals surface area contributed by atoms with Crippen molar-refractivity contribution in [2.45, 2.75) is 13.1 Å². The molecule has 0 aliphatic rings. The standard InChI is InChI=1S/C21H18ClOSi/c1-24(2)20-14-18(22)12-13-19(20)21(23)17-10-8-16(9-11-17)15-6-4-3-5-7-15/h3-14H,1-2H3. The maximum Gasteiger partial charge on any atom is 0.192 e. The maximum absolute atomic E-state index is 12.9. The van der Waals surface area contributed by atoms with Crippen LogP contribution in [0.2, 0.25) is 18.1 Å². The van der Waals surface area contributed by atoms with E-state index >= 15 is 0 Å². The highest BCUT2D eigenvalue weighted by molar-refractivity contribution is 6.72. The van der Waals surface area contributed by atoms with E-state index in [-0.39, 0.29) is 5.78 Å². The molecule has 1 radical (unpaired) electrons. The molecule has 0 heterocycles. The summed E-state index contributed by atoms with van der Waals surface area (Å²) >= 11 is 6.11. The van der Waals surface area contributed by atoms with Crippen molar-refractivity contribution in [3.8, 4) is 11.1 Å². The number of carbonyl (C=O) groups is 1. The van der Waals surface area contributed by atoms with Crippen molar-refractivity contribution < 1.29 is 4.79 Å². The van der Waals surface area contributed by atoms with Gasteiger partial charge in [0, 0.05) is 16.1 Å². The third-order valence-electron chi connectivity index (χ3n) is 4.02. The van der Waals surface area contributed by atoms with E-state index in [1.54, 1.807) is 6.07 Å². The van der Waals surface area contributed by atoms with Crippen molar-refractivity contribution in [2.75, 3.05) is 0 Å². The van der Waals surface area contributed by atoms with Crippen molar-refractivity contribution in [2.24, 2.45) is 0 Å². The van der Waals surface area contributed by atoms with Crippen LogP contribution in [0, 0.1) is 0 Å². The molecule has 0 aliphatic heterocycles. The van der Waals surface area contributed by atoms with E-state index in [0.29, 0.717) is 10.6 Å². The second kappa shape index (κ2) is 7.16. The third-order valence-corrected chi connectivity index (χ3v) is 5.75. The summed E-state index contributed by atoms with van der Waals surface area (Å²) in [5.74, 6) is 0.0625. The third kappa shape index (κ3) is 3.50. The summed E-state index contributed by atoms with van der Waals surface area (Å²) in [7, 11) is -0.772. The smallest absolute Gasteiger partial charge is 0.192 e. The fourth-order valence-electron chi connectivity index (χ4n) is 2.73. The fraction of sp³-hybridized carbons (Fsp3) is 0.0952. The highest BCUT2D eigenvalue weighted by atomic mass is 35.5. The van der Waals surface area contributed by atoms with Crippen LogP contribution in [0.5, 0.6) is 0 Å². The minimum atomic E-state index is -0.772. The number of carbonyl (C=O) groups excluding carboxylic acids is 1. The molecule has 3 aromatic rings. The zero-order valence-corrected chi connectivity index (χ0v) is 15.5. The molecule has 0 spiro atoms. The Morgan fingerprint density at radius 2 is 1.46 bits per heavy atom. The van der Waals surface area contributed by atoms with Gasteiger partial charge in [0.15, 0.2) is 5.78 Å². The number of hydrogen-bond acceptors (Lipinski definition) is 1. The Morgan fingerprint density at radius 3 is 2.08 bits per heavy atom. The van der Waals surface area contributed by atoms with E-state index in [0.717, 1.165) is 21.9 Å². The summed E-state index contributed by atoms with van der Waals surface area (Å²) in [4.78, 5) is 12.9. The van der Waals surface area contributed by atoms with Gasteiger partial charge in [-0.15, -0.1) is 0 Å². The fourth-order valence-corrected chi connectivity index (χ4v) is 4.17. The van der Waals surface area contributed by atoms with Gasteiger partial charge in [-0.05, 0) is 34.5 Å². The molecule has 0 fully saturated rings. The summed E-state index contributed by atoms with van der Waals surface area (Å²) in [5.41, 5.74) is 3.74. The molecule has 0 unspecified atom stereocenters. The van der Waals surface area contributed by atoms with Gasteiger partial charge >= 0.3 is 0 Å². The maximum atomic E-state index is 12.9. The minimum Gasteiger partial charge on any atom is -0.289 e. The van der Waals surface area contributed by atoms with E-state index in [4.69, 9.17) is 11.6 Å². The Labute approximate surface area is 149 Å². The molecule has 0 saturated heterocycles. The van der Waals surface area contributed by atoms with Crippen LogP contribution in [0.25, 0.3) is 11.1 Å². The van der Waals surface area contributed by atoms with Crippen LogP contribution >= 0.6 is 11.6 Å². The molecule has 0 bridgehead atoms. The lowest BCUT2D eigenvalue weighted by Crippen LogP contribution is -2.29. The monoisotopic (exact) mass is 349 g/mol. The Bertz CT molecular complexity index is 855.